The van der Waals surface area contributed by atoms with Gasteiger partial charge in [-0.05, 0) is 24.0 Å². The normalized spacial score (nSPS) is 12.6. The monoisotopic (exact) mass is 312 g/mol. The van der Waals surface area contributed by atoms with E-state index in [1.807, 2.05) is 20.8 Å². The van der Waals surface area contributed by atoms with Crippen molar-refractivity contribution in [3.8, 4) is 5.75 Å². The number of para-hydroxylation sites is 1. The van der Waals surface area contributed by atoms with Crippen molar-refractivity contribution in [2.24, 2.45) is 5.41 Å². The first-order chi connectivity index (χ1) is 10.3. The van der Waals surface area contributed by atoms with Crippen LogP contribution in [0.3, 0.4) is 0 Å². The van der Waals surface area contributed by atoms with Crippen LogP contribution in [-0.2, 0) is 0 Å². The quantitative estimate of drug-likeness (QED) is 0.677. The molecule has 6 heteroatoms. The Morgan fingerprint density at radius 2 is 2.05 bits per heavy atom. The van der Waals surface area contributed by atoms with Gasteiger partial charge in [-0.1, -0.05) is 32.9 Å². The number of nitrogens with one attached hydrogen (secondary N) is 2. The number of halogens is 1. The molecule has 0 heterocycles. The maximum atomic E-state index is 13.6. The first-order valence-corrected chi connectivity index (χ1v) is 7.37. The lowest BCUT2D eigenvalue weighted by molar-refractivity contribution is 0.167. The summed E-state index contributed by atoms with van der Waals surface area (Å²) in [5.41, 5.74) is -0.250. The molecule has 22 heavy (non-hydrogen) atoms. The number of urea groups is 1. The van der Waals surface area contributed by atoms with Gasteiger partial charge in [0.25, 0.3) is 0 Å². The molecule has 1 aromatic rings. The number of ether oxygens (including phenoxy) is 1. The predicted octanol–water partition coefficient (Wildman–Crippen LogP) is 2.30. The molecule has 1 rings (SSSR count). The van der Waals surface area contributed by atoms with Gasteiger partial charge in [-0.25, -0.2) is 9.18 Å². The Morgan fingerprint density at radius 1 is 1.36 bits per heavy atom. The average Bonchev–Trinajstić information content (AvgIpc) is 2.44. The number of benzene rings is 1. The third-order valence-electron chi connectivity index (χ3n) is 3.21. The van der Waals surface area contributed by atoms with Gasteiger partial charge in [0.1, 0.15) is 6.61 Å². The van der Waals surface area contributed by atoms with E-state index in [0.29, 0.717) is 13.0 Å². The van der Waals surface area contributed by atoms with Crippen LogP contribution < -0.4 is 15.4 Å². The van der Waals surface area contributed by atoms with E-state index in [1.54, 1.807) is 18.2 Å². The zero-order valence-corrected chi connectivity index (χ0v) is 13.4. The average molecular weight is 312 g/mol. The van der Waals surface area contributed by atoms with Gasteiger partial charge in [-0.2, -0.15) is 0 Å². The Hall–Kier alpha value is -1.82. The topological polar surface area (TPSA) is 70.6 Å². The van der Waals surface area contributed by atoms with Gasteiger partial charge in [0.05, 0.1) is 6.04 Å². The SMILES string of the molecule is CC(C)(C)C(COc1ccccc1F)NC(=O)NCCCO. The Morgan fingerprint density at radius 3 is 2.64 bits per heavy atom. The summed E-state index contributed by atoms with van der Waals surface area (Å²) in [7, 11) is 0. The van der Waals surface area contributed by atoms with Crippen molar-refractivity contribution in [3.05, 3.63) is 30.1 Å². The number of aliphatic hydroxyl groups is 1. The van der Waals surface area contributed by atoms with Crippen LogP contribution in [0.5, 0.6) is 5.75 Å². The highest BCUT2D eigenvalue weighted by atomic mass is 19.1. The summed E-state index contributed by atoms with van der Waals surface area (Å²) in [6.07, 6.45) is 0.499. The van der Waals surface area contributed by atoms with E-state index >= 15 is 0 Å². The molecule has 5 nitrogen and oxygen atoms in total. The van der Waals surface area contributed by atoms with Crippen molar-refractivity contribution in [2.75, 3.05) is 19.8 Å². The molecular formula is C16H25FN2O3. The Bertz CT molecular complexity index is 475. The van der Waals surface area contributed by atoms with Crippen molar-refractivity contribution < 1.29 is 19.0 Å². The molecule has 0 bridgehead atoms. The number of aliphatic hydroxyl groups excluding tert-OH is 1. The maximum Gasteiger partial charge on any atom is 0.315 e. The van der Waals surface area contributed by atoms with E-state index in [9.17, 15) is 9.18 Å². The second-order valence-corrected chi connectivity index (χ2v) is 6.14. The second kappa shape index (κ2) is 8.58. The number of hydrogen-bond donors (Lipinski definition) is 3. The predicted molar refractivity (Wildman–Crippen MR) is 83.4 cm³/mol. The molecule has 124 valence electrons. The van der Waals surface area contributed by atoms with Gasteiger partial charge in [0.15, 0.2) is 11.6 Å². The summed E-state index contributed by atoms with van der Waals surface area (Å²) in [5, 5.41) is 14.2. The Labute approximate surface area is 130 Å². The molecular weight excluding hydrogens is 287 g/mol. The van der Waals surface area contributed by atoms with E-state index < -0.39 is 5.82 Å². The molecule has 0 radical (unpaired) electrons. The van der Waals surface area contributed by atoms with Gasteiger partial charge < -0.3 is 20.5 Å². The highest BCUT2D eigenvalue weighted by Gasteiger charge is 2.27. The fourth-order valence-electron chi connectivity index (χ4n) is 1.73. The van der Waals surface area contributed by atoms with E-state index in [0.717, 1.165) is 0 Å². The number of amides is 2. The van der Waals surface area contributed by atoms with Crippen molar-refractivity contribution in [1.29, 1.82) is 0 Å². The van der Waals surface area contributed by atoms with Gasteiger partial charge in [-0.15, -0.1) is 0 Å². The molecule has 0 aliphatic carbocycles. The number of hydrogen-bond acceptors (Lipinski definition) is 3. The molecule has 0 aliphatic rings. The molecule has 3 N–H and O–H groups in total. The fourth-order valence-corrected chi connectivity index (χ4v) is 1.73. The molecule has 0 aliphatic heterocycles. The summed E-state index contributed by atoms with van der Waals surface area (Å²) < 4.78 is 19.1. The van der Waals surface area contributed by atoms with Crippen LogP contribution in [0.25, 0.3) is 0 Å². The summed E-state index contributed by atoms with van der Waals surface area (Å²) in [5.74, 6) is -0.262. The molecule has 0 saturated heterocycles. The molecule has 0 saturated carbocycles. The number of carbonyl (C=O) groups excluding carboxylic acids is 1. The maximum absolute atomic E-state index is 13.6. The smallest absolute Gasteiger partial charge is 0.315 e. The van der Waals surface area contributed by atoms with Gasteiger partial charge >= 0.3 is 6.03 Å². The fraction of sp³-hybridized carbons (Fsp3) is 0.562. The summed E-state index contributed by atoms with van der Waals surface area (Å²) >= 11 is 0. The molecule has 0 spiro atoms. The highest BCUT2D eigenvalue weighted by Crippen LogP contribution is 2.22. The summed E-state index contributed by atoms with van der Waals surface area (Å²) in [6.45, 7) is 6.49. The molecule has 2 amide bonds. The number of carbonyl (C=O) groups is 1. The Balaban J connectivity index is 2.58. The standard InChI is InChI=1S/C16H25FN2O3/c1-16(2,3)14(19-15(21)18-9-6-10-20)11-22-13-8-5-4-7-12(13)17/h4-5,7-8,14,20H,6,9-11H2,1-3H3,(H2,18,19,21). The van der Waals surface area contributed by atoms with Crippen molar-refractivity contribution in [3.63, 3.8) is 0 Å². The summed E-state index contributed by atoms with van der Waals surface area (Å²) in [4.78, 5) is 11.8. The lowest BCUT2D eigenvalue weighted by Gasteiger charge is -2.31. The zero-order valence-electron chi connectivity index (χ0n) is 13.4. The van der Waals surface area contributed by atoms with Crippen LogP contribution >= 0.6 is 0 Å². The minimum Gasteiger partial charge on any atom is -0.488 e. The van der Waals surface area contributed by atoms with E-state index in [-0.39, 0.29) is 36.5 Å². The van der Waals surface area contributed by atoms with Gasteiger partial charge in [0, 0.05) is 13.2 Å². The lowest BCUT2D eigenvalue weighted by atomic mass is 9.87. The third-order valence-corrected chi connectivity index (χ3v) is 3.21. The first-order valence-electron chi connectivity index (χ1n) is 7.37. The van der Waals surface area contributed by atoms with Crippen LogP contribution in [0.15, 0.2) is 24.3 Å². The third kappa shape index (κ3) is 6.30. The minimum absolute atomic E-state index is 0.0272. The van der Waals surface area contributed by atoms with Gasteiger partial charge in [-0.3, -0.25) is 0 Å². The molecule has 1 unspecified atom stereocenters. The second-order valence-electron chi connectivity index (χ2n) is 6.14. The van der Waals surface area contributed by atoms with E-state index in [1.165, 1.54) is 6.07 Å². The zero-order chi connectivity index (χ0) is 16.6. The van der Waals surface area contributed by atoms with E-state index in [2.05, 4.69) is 10.6 Å². The molecule has 0 aromatic heterocycles. The van der Waals surface area contributed by atoms with Crippen LogP contribution in [0.1, 0.15) is 27.2 Å². The summed E-state index contributed by atoms with van der Waals surface area (Å²) in [6, 6.07) is 5.55. The van der Waals surface area contributed by atoms with Crippen LogP contribution in [0.4, 0.5) is 9.18 Å². The lowest BCUT2D eigenvalue weighted by Crippen LogP contribution is -2.51. The largest absolute Gasteiger partial charge is 0.488 e. The van der Waals surface area contributed by atoms with E-state index in [4.69, 9.17) is 9.84 Å². The molecule has 1 atom stereocenters. The number of rotatable bonds is 7. The highest BCUT2D eigenvalue weighted by molar-refractivity contribution is 5.74. The van der Waals surface area contributed by atoms with Crippen LogP contribution in [0.2, 0.25) is 0 Å². The van der Waals surface area contributed by atoms with Crippen LogP contribution in [0, 0.1) is 11.2 Å². The van der Waals surface area contributed by atoms with Crippen molar-refractivity contribution >= 4 is 6.03 Å². The Kier molecular flexibility index (Phi) is 7.11. The minimum atomic E-state index is -0.428. The molecule has 0 fully saturated rings. The van der Waals surface area contributed by atoms with Gasteiger partial charge in [0.2, 0.25) is 0 Å². The van der Waals surface area contributed by atoms with Crippen molar-refractivity contribution in [2.45, 2.75) is 33.2 Å². The first kappa shape index (κ1) is 18.2. The van der Waals surface area contributed by atoms with Crippen LogP contribution in [-0.4, -0.2) is 36.9 Å². The molecule has 1 aromatic carbocycles. The van der Waals surface area contributed by atoms with Crippen molar-refractivity contribution in [1.82, 2.24) is 10.6 Å².